The highest BCUT2D eigenvalue weighted by Crippen LogP contribution is 2.52. The number of fused-ring (bicyclic) bond motifs is 13. The van der Waals surface area contributed by atoms with Crippen LogP contribution in [0.25, 0.3) is 116 Å². The molecule has 0 unspecified atom stereocenters. The monoisotopic (exact) mass is 1390 g/mol. The van der Waals surface area contributed by atoms with E-state index in [9.17, 15) is 5.26 Å². The highest BCUT2D eigenvalue weighted by molar-refractivity contribution is 7.00. The normalized spacial score (nSPS) is 13.1. The molecule has 522 valence electrons. The van der Waals surface area contributed by atoms with E-state index >= 15 is 0 Å². The molecule has 0 bridgehead atoms. The van der Waals surface area contributed by atoms with Crippen molar-refractivity contribution in [3.05, 3.63) is 325 Å². The Morgan fingerprint density at radius 3 is 0.972 bits per heavy atom. The quantitative estimate of drug-likeness (QED) is 0.142. The molecule has 17 aromatic rings. The third-order valence-corrected chi connectivity index (χ3v) is 23.3. The molecule has 0 atom stereocenters. The Morgan fingerprint density at radius 2 is 0.593 bits per heavy atom. The predicted octanol–water partition coefficient (Wildman–Crippen LogP) is 25.1. The van der Waals surface area contributed by atoms with Crippen LogP contribution in [0.3, 0.4) is 0 Å². The van der Waals surface area contributed by atoms with Gasteiger partial charge in [-0.1, -0.05) is 253 Å². The molecule has 0 amide bonds. The number of para-hydroxylation sites is 4. The highest BCUT2D eigenvalue weighted by atomic mass is 15.2. The van der Waals surface area contributed by atoms with Gasteiger partial charge in [0.2, 0.25) is 0 Å². The molecule has 5 heterocycles. The maximum absolute atomic E-state index is 11.8. The Hall–Kier alpha value is -12.4. The van der Waals surface area contributed by atoms with Crippen LogP contribution in [0, 0.1) is 11.3 Å². The molecule has 3 aromatic heterocycles. The third-order valence-electron chi connectivity index (χ3n) is 23.3. The Morgan fingerprint density at radius 1 is 0.259 bits per heavy atom. The molecule has 19 rings (SSSR count). The zero-order valence-electron chi connectivity index (χ0n) is 63.6. The number of benzene rings is 14. The minimum absolute atomic E-state index is 0.0693. The molecular formula is C101H85BN6. The first kappa shape index (κ1) is 66.3. The molecule has 0 saturated carbocycles. The number of nitrogens with zero attached hydrogens (tertiary/aromatic N) is 6. The minimum Gasteiger partial charge on any atom is -0.311 e. The molecule has 0 saturated heterocycles. The summed E-state index contributed by atoms with van der Waals surface area (Å²) in [5.74, 6) is 0. The predicted molar refractivity (Wildman–Crippen MR) is 459 cm³/mol. The van der Waals surface area contributed by atoms with Crippen LogP contribution in [0.5, 0.6) is 0 Å². The fourth-order valence-electron chi connectivity index (χ4n) is 17.7. The zero-order valence-corrected chi connectivity index (χ0v) is 63.6. The van der Waals surface area contributed by atoms with Crippen LogP contribution in [-0.2, 0) is 21.7 Å². The van der Waals surface area contributed by atoms with Crippen molar-refractivity contribution in [2.24, 2.45) is 0 Å². The standard InChI is InChI=1S/C101H85BN6/c1-98(2,3)67-40-49-89-79(55-67)80-56-68(99(4,5)6)41-50-90(80)105(89)72-45-47-83-93(60-72)107(85-35-23-19-31-74(85)63-27-15-13-16-28-63)95-53-66(78-59-71(44-39-65(78)62-103)104-87-37-25-21-33-76(87)77-34-22-26-38-88(77)104)54-96-97(95)102(83)84-48-46-73(61-94(84)108(96)86-36-24-20-32-75(86)64-29-17-14-18-30-64)106-91-51-42-69(100(7,8)9)57-81(91)82-58-70(101(10,11)12)43-52-92(82)106/h13-61H,1-12H3. The molecule has 2 aliphatic rings. The lowest BCUT2D eigenvalue weighted by atomic mass is 9.33. The highest BCUT2D eigenvalue weighted by Gasteiger charge is 2.45. The Bertz CT molecular complexity index is 6120. The molecule has 14 aromatic carbocycles. The van der Waals surface area contributed by atoms with Crippen LogP contribution in [0.15, 0.2) is 297 Å². The van der Waals surface area contributed by atoms with E-state index in [-0.39, 0.29) is 28.4 Å². The molecular weight excluding hydrogens is 1310 g/mol. The summed E-state index contributed by atoms with van der Waals surface area (Å²) in [6, 6.07) is 115. The molecule has 0 radical (unpaired) electrons. The maximum atomic E-state index is 11.8. The molecule has 0 spiro atoms. The fourth-order valence-corrected chi connectivity index (χ4v) is 17.7. The number of hydrogen-bond acceptors (Lipinski definition) is 3. The smallest absolute Gasteiger partial charge is 0.252 e. The van der Waals surface area contributed by atoms with Gasteiger partial charge in [-0.2, -0.15) is 5.26 Å². The number of hydrogen-bond donors (Lipinski definition) is 0. The lowest BCUT2D eigenvalue weighted by Crippen LogP contribution is -2.61. The van der Waals surface area contributed by atoms with Gasteiger partial charge in [0.25, 0.3) is 6.71 Å². The Balaban J connectivity index is 0.957. The van der Waals surface area contributed by atoms with Crippen molar-refractivity contribution < 1.29 is 0 Å². The van der Waals surface area contributed by atoms with Crippen LogP contribution in [0.2, 0.25) is 0 Å². The van der Waals surface area contributed by atoms with E-state index < -0.39 is 0 Å². The number of nitriles is 1. The third kappa shape index (κ3) is 10.5. The van der Waals surface area contributed by atoms with Crippen LogP contribution in [0.4, 0.5) is 34.1 Å². The van der Waals surface area contributed by atoms with E-state index in [2.05, 4.69) is 404 Å². The van der Waals surface area contributed by atoms with E-state index in [1.807, 2.05) is 6.07 Å². The summed E-state index contributed by atoms with van der Waals surface area (Å²) in [5, 5.41) is 19.1. The van der Waals surface area contributed by atoms with Crippen molar-refractivity contribution in [3.8, 4) is 56.5 Å². The van der Waals surface area contributed by atoms with Gasteiger partial charge < -0.3 is 23.5 Å². The van der Waals surface area contributed by atoms with Crippen molar-refractivity contribution in [1.82, 2.24) is 13.7 Å². The second-order valence-corrected chi connectivity index (χ2v) is 34.1. The van der Waals surface area contributed by atoms with Gasteiger partial charge in [-0.05, 0) is 204 Å². The van der Waals surface area contributed by atoms with E-state index in [1.54, 1.807) is 0 Å². The van der Waals surface area contributed by atoms with E-state index in [4.69, 9.17) is 0 Å². The van der Waals surface area contributed by atoms with Gasteiger partial charge in [-0.3, -0.25) is 0 Å². The lowest BCUT2D eigenvalue weighted by Gasteiger charge is -2.45. The summed E-state index contributed by atoms with van der Waals surface area (Å²) >= 11 is 0. The van der Waals surface area contributed by atoms with Crippen LogP contribution in [0.1, 0.15) is 111 Å². The van der Waals surface area contributed by atoms with Crippen LogP contribution in [-0.4, -0.2) is 20.4 Å². The van der Waals surface area contributed by atoms with Crippen molar-refractivity contribution in [2.75, 3.05) is 9.80 Å². The van der Waals surface area contributed by atoms with Crippen molar-refractivity contribution in [3.63, 3.8) is 0 Å². The maximum Gasteiger partial charge on any atom is 0.252 e. The van der Waals surface area contributed by atoms with Gasteiger partial charge in [0, 0.05) is 88.8 Å². The second kappa shape index (κ2) is 24.3. The molecule has 108 heavy (non-hydrogen) atoms. The van der Waals surface area contributed by atoms with Crippen molar-refractivity contribution in [1.29, 1.82) is 5.26 Å². The van der Waals surface area contributed by atoms with Gasteiger partial charge in [-0.15, -0.1) is 0 Å². The topological polar surface area (TPSA) is 45.1 Å². The SMILES string of the molecule is CC(C)(C)c1ccc2c(c1)c1cc(C(C)(C)C)ccc1n2-c1ccc2c(c1)N(c1ccccc1-c1ccccc1)c1cc(-c3cc(-n4c5ccccc5c5ccccc54)ccc3C#N)cc3c1B2c1ccc(-n2c4ccc(C(C)(C)C)cc4c4cc(C(C)(C)C)ccc42)cc1N3c1ccccc1-c1ccccc1. The molecule has 0 aliphatic carbocycles. The first-order chi connectivity index (χ1) is 52.1. The van der Waals surface area contributed by atoms with Crippen LogP contribution >= 0.6 is 0 Å². The molecule has 6 nitrogen and oxygen atoms in total. The van der Waals surface area contributed by atoms with Gasteiger partial charge in [-0.25, -0.2) is 0 Å². The van der Waals surface area contributed by atoms with Gasteiger partial charge >= 0.3 is 0 Å². The average Bonchev–Trinajstić information content (AvgIpc) is 0.853. The minimum atomic E-state index is -0.291. The zero-order chi connectivity index (χ0) is 74.0. The summed E-state index contributed by atoms with van der Waals surface area (Å²) in [6.07, 6.45) is 0. The van der Waals surface area contributed by atoms with E-state index in [1.165, 1.54) is 71.0 Å². The summed E-state index contributed by atoms with van der Waals surface area (Å²) in [5.41, 5.74) is 31.5. The largest absolute Gasteiger partial charge is 0.311 e. The molecule has 0 fully saturated rings. The van der Waals surface area contributed by atoms with E-state index in [0.29, 0.717) is 5.56 Å². The molecule has 0 N–H and O–H groups in total. The van der Waals surface area contributed by atoms with Crippen LogP contribution < -0.4 is 26.2 Å². The lowest BCUT2D eigenvalue weighted by molar-refractivity contribution is 0.590. The second-order valence-electron chi connectivity index (χ2n) is 34.1. The number of rotatable bonds is 8. The van der Waals surface area contributed by atoms with E-state index in [0.717, 1.165) is 118 Å². The average molecular weight is 1390 g/mol. The van der Waals surface area contributed by atoms with Crippen molar-refractivity contribution in [2.45, 2.75) is 105 Å². The Labute approximate surface area is 633 Å². The van der Waals surface area contributed by atoms with Crippen molar-refractivity contribution >= 4 is 123 Å². The first-order valence-electron chi connectivity index (χ1n) is 38.1. The Kier molecular flexibility index (Phi) is 14.9. The fraction of sp³-hybridized carbons (Fsp3) is 0.158. The van der Waals surface area contributed by atoms with Gasteiger partial charge in [0.15, 0.2) is 0 Å². The number of anilines is 6. The summed E-state index contributed by atoms with van der Waals surface area (Å²) in [4.78, 5) is 5.17. The molecule has 7 heteroatoms. The summed E-state index contributed by atoms with van der Waals surface area (Å²) in [7, 11) is 0. The summed E-state index contributed by atoms with van der Waals surface area (Å²) < 4.78 is 7.41. The summed E-state index contributed by atoms with van der Waals surface area (Å²) in [6.45, 7) is 27.5. The first-order valence-corrected chi connectivity index (χ1v) is 38.1. The molecule has 2 aliphatic heterocycles. The van der Waals surface area contributed by atoms with Gasteiger partial charge in [0.05, 0.1) is 56.1 Å². The van der Waals surface area contributed by atoms with Gasteiger partial charge in [0.1, 0.15) is 0 Å². The number of aromatic nitrogens is 3.